The van der Waals surface area contributed by atoms with Gasteiger partial charge in [-0.15, -0.1) is 0 Å². The summed E-state index contributed by atoms with van der Waals surface area (Å²) >= 11 is 0. The quantitative estimate of drug-likeness (QED) is 0.432. The van der Waals surface area contributed by atoms with Crippen LogP contribution in [0.3, 0.4) is 0 Å². The van der Waals surface area contributed by atoms with Crippen molar-refractivity contribution in [1.82, 2.24) is 20.2 Å². The Morgan fingerprint density at radius 2 is 2.06 bits per heavy atom. The molecular weight excluding hydrogens is 460 g/mol. The van der Waals surface area contributed by atoms with E-state index in [2.05, 4.69) is 46.3 Å². The first-order valence-electron chi connectivity index (χ1n) is 13.4. The van der Waals surface area contributed by atoms with Gasteiger partial charge in [0.1, 0.15) is 11.6 Å². The van der Waals surface area contributed by atoms with Gasteiger partial charge in [0.15, 0.2) is 5.82 Å². The van der Waals surface area contributed by atoms with Gasteiger partial charge in [-0.1, -0.05) is 34.1 Å². The van der Waals surface area contributed by atoms with Crippen LogP contribution in [0.4, 0.5) is 14.6 Å². The number of carbonyl (C=O) groups excluding carboxylic acids is 1. The molecule has 1 aromatic heterocycles. The van der Waals surface area contributed by atoms with Crippen molar-refractivity contribution in [2.24, 2.45) is 5.41 Å². The second-order valence-corrected chi connectivity index (χ2v) is 11.9. The SMILES string of the molecule is CCC[C@H](NC1CCc2cc(F)cc(F)c2C1)C(=O)Nc1cn(C2(CNCC(C)(C)C)CCC2)cn1. The average molecular weight is 502 g/mol. The van der Waals surface area contributed by atoms with E-state index >= 15 is 0 Å². The van der Waals surface area contributed by atoms with E-state index in [1.807, 2.05) is 19.4 Å². The molecule has 1 fully saturated rings. The summed E-state index contributed by atoms with van der Waals surface area (Å²) in [4.78, 5) is 17.7. The van der Waals surface area contributed by atoms with E-state index in [1.54, 1.807) is 0 Å². The fourth-order valence-corrected chi connectivity index (χ4v) is 5.43. The van der Waals surface area contributed by atoms with Crippen molar-refractivity contribution in [2.45, 2.75) is 96.7 Å². The minimum Gasteiger partial charge on any atom is -0.328 e. The summed E-state index contributed by atoms with van der Waals surface area (Å²) in [5.41, 5.74) is 1.53. The maximum absolute atomic E-state index is 14.3. The number of hydrogen-bond acceptors (Lipinski definition) is 4. The van der Waals surface area contributed by atoms with Crippen molar-refractivity contribution < 1.29 is 13.6 Å². The van der Waals surface area contributed by atoms with Crippen LogP contribution in [0.5, 0.6) is 0 Å². The summed E-state index contributed by atoms with van der Waals surface area (Å²) < 4.78 is 30.1. The highest BCUT2D eigenvalue weighted by Crippen LogP contribution is 2.39. The molecule has 36 heavy (non-hydrogen) atoms. The number of rotatable bonds is 10. The third-order valence-electron chi connectivity index (χ3n) is 7.57. The number of carbonyl (C=O) groups is 1. The van der Waals surface area contributed by atoms with Crippen LogP contribution >= 0.6 is 0 Å². The fraction of sp³-hybridized carbons (Fsp3) is 0.643. The molecule has 1 amide bonds. The first-order valence-corrected chi connectivity index (χ1v) is 13.4. The van der Waals surface area contributed by atoms with Gasteiger partial charge < -0.3 is 20.5 Å². The minimum atomic E-state index is -0.533. The third kappa shape index (κ3) is 6.32. The zero-order valence-electron chi connectivity index (χ0n) is 22.1. The van der Waals surface area contributed by atoms with Crippen LogP contribution in [0.15, 0.2) is 24.7 Å². The number of fused-ring (bicyclic) bond motifs is 1. The van der Waals surface area contributed by atoms with Crippen molar-refractivity contribution in [3.8, 4) is 0 Å². The Labute approximate surface area is 213 Å². The Bertz CT molecular complexity index is 1060. The van der Waals surface area contributed by atoms with E-state index in [-0.39, 0.29) is 22.9 Å². The molecule has 1 aromatic carbocycles. The topological polar surface area (TPSA) is 71.0 Å². The normalized spacial score (nSPS) is 19.9. The maximum atomic E-state index is 14.3. The fourth-order valence-electron chi connectivity index (χ4n) is 5.43. The molecular formula is C28H41F2N5O. The second kappa shape index (κ2) is 11.0. The molecule has 0 bridgehead atoms. The van der Waals surface area contributed by atoms with E-state index in [0.717, 1.165) is 50.4 Å². The Kier molecular flexibility index (Phi) is 8.15. The zero-order chi connectivity index (χ0) is 25.9. The van der Waals surface area contributed by atoms with Crippen LogP contribution in [0, 0.1) is 17.0 Å². The van der Waals surface area contributed by atoms with Crippen LogP contribution in [-0.4, -0.2) is 40.6 Å². The van der Waals surface area contributed by atoms with Crippen molar-refractivity contribution >= 4 is 11.7 Å². The molecule has 2 aliphatic carbocycles. The lowest BCUT2D eigenvalue weighted by Gasteiger charge is -2.43. The number of hydrogen-bond donors (Lipinski definition) is 3. The molecule has 0 radical (unpaired) electrons. The summed E-state index contributed by atoms with van der Waals surface area (Å²) in [5.74, 6) is -0.601. The van der Waals surface area contributed by atoms with Crippen LogP contribution in [0.25, 0.3) is 0 Å². The number of aromatic nitrogens is 2. The first-order chi connectivity index (χ1) is 17.1. The highest BCUT2D eigenvalue weighted by atomic mass is 19.1. The largest absolute Gasteiger partial charge is 0.328 e. The molecule has 0 spiro atoms. The predicted octanol–water partition coefficient (Wildman–Crippen LogP) is 4.93. The van der Waals surface area contributed by atoms with Gasteiger partial charge in [0.25, 0.3) is 0 Å². The number of amides is 1. The van der Waals surface area contributed by atoms with Gasteiger partial charge in [-0.2, -0.15) is 0 Å². The van der Waals surface area contributed by atoms with Gasteiger partial charge in [0, 0.05) is 31.4 Å². The van der Waals surface area contributed by atoms with E-state index in [9.17, 15) is 13.6 Å². The molecule has 0 saturated heterocycles. The summed E-state index contributed by atoms with van der Waals surface area (Å²) in [6, 6.07) is 1.93. The molecule has 6 nitrogen and oxygen atoms in total. The molecule has 8 heteroatoms. The lowest BCUT2D eigenvalue weighted by Crippen LogP contribution is -2.49. The van der Waals surface area contributed by atoms with Gasteiger partial charge in [0.2, 0.25) is 5.91 Å². The van der Waals surface area contributed by atoms with Crippen LogP contribution < -0.4 is 16.0 Å². The number of imidazole rings is 1. The van der Waals surface area contributed by atoms with Crippen molar-refractivity contribution in [2.75, 3.05) is 18.4 Å². The van der Waals surface area contributed by atoms with Crippen molar-refractivity contribution in [3.05, 3.63) is 47.4 Å². The van der Waals surface area contributed by atoms with E-state index < -0.39 is 17.7 Å². The predicted molar refractivity (Wildman–Crippen MR) is 139 cm³/mol. The van der Waals surface area contributed by atoms with Crippen LogP contribution in [0.2, 0.25) is 0 Å². The zero-order valence-corrected chi connectivity index (χ0v) is 22.1. The number of nitrogens with zero attached hydrogens (tertiary/aromatic N) is 2. The molecule has 3 N–H and O–H groups in total. The summed E-state index contributed by atoms with van der Waals surface area (Å²) in [5, 5.41) is 10.1. The molecule has 1 unspecified atom stereocenters. The summed E-state index contributed by atoms with van der Waals surface area (Å²) in [6.45, 7) is 10.5. The van der Waals surface area contributed by atoms with Gasteiger partial charge >= 0.3 is 0 Å². The highest BCUT2D eigenvalue weighted by molar-refractivity contribution is 5.94. The summed E-state index contributed by atoms with van der Waals surface area (Å²) in [7, 11) is 0. The van der Waals surface area contributed by atoms with E-state index in [0.29, 0.717) is 30.6 Å². The molecule has 198 valence electrons. The first kappa shape index (κ1) is 26.7. The third-order valence-corrected chi connectivity index (χ3v) is 7.57. The Morgan fingerprint density at radius 3 is 2.72 bits per heavy atom. The molecule has 1 saturated carbocycles. The van der Waals surface area contributed by atoms with Crippen LogP contribution in [0.1, 0.15) is 77.3 Å². The standard InChI is InChI=1S/C28H41F2N5O/c1-5-7-24(33-21-9-8-19-12-20(29)13-23(30)22(19)14-21)26(36)34-25-15-35(18-32-25)28(10-6-11-28)17-31-16-27(2,3)4/h12-13,15,18,21,24,31,33H,5-11,14,16-17H2,1-4H3,(H,34,36)/t21?,24-/m0/s1. The van der Waals surface area contributed by atoms with Gasteiger partial charge in [-0.3, -0.25) is 4.79 Å². The number of nitrogens with one attached hydrogen (secondary N) is 3. The Morgan fingerprint density at radius 1 is 1.28 bits per heavy atom. The Hall–Kier alpha value is -2.32. The minimum absolute atomic E-state index is 0.0152. The molecule has 0 aliphatic heterocycles. The number of anilines is 1. The van der Waals surface area contributed by atoms with Crippen molar-refractivity contribution in [3.63, 3.8) is 0 Å². The number of halogens is 2. The maximum Gasteiger partial charge on any atom is 0.242 e. The van der Waals surface area contributed by atoms with Crippen LogP contribution in [-0.2, 0) is 23.2 Å². The lowest BCUT2D eigenvalue weighted by molar-refractivity contribution is -0.118. The number of aryl methyl sites for hydroxylation is 1. The van der Waals surface area contributed by atoms with E-state index in [1.165, 1.54) is 12.5 Å². The molecule has 2 atom stereocenters. The van der Waals surface area contributed by atoms with Crippen molar-refractivity contribution in [1.29, 1.82) is 0 Å². The van der Waals surface area contributed by atoms with Gasteiger partial charge in [-0.05, 0) is 67.6 Å². The van der Waals surface area contributed by atoms with E-state index in [4.69, 9.17) is 0 Å². The second-order valence-electron chi connectivity index (χ2n) is 11.9. The Balaban J connectivity index is 1.37. The lowest BCUT2D eigenvalue weighted by atomic mass is 9.76. The molecule has 2 aliphatic rings. The average Bonchev–Trinajstić information content (AvgIpc) is 3.23. The molecule has 2 aromatic rings. The van der Waals surface area contributed by atoms with Gasteiger partial charge in [-0.25, -0.2) is 13.8 Å². The smallest absolute Gasteiger partial charge is 0.242 e. The molecule has 4 rings (SSSR count). The highest BCUT2D eigenvalue weighted by Gasteiger charge is 2.39. The van der Waals surface area contributed by atoms with Gasteiger partial charge in [0.05, 0.1) is 17.9 Å². The summed E-state index contributed by atoms with van der Waals surface area (Å²) in [6.07, 6.45) is 10.4. The molecule has 1 heterocycles. The monoisotopic (exact) mass is 501 g/mol. The number of benzene rings is 1.